The molecule has 1 heterocycles. The summed E-state index contributed by atoms with van der Waals surface area (Å²) in [6.07, 6.45) is 0. The van der Waals surface area contributed by atoms with Gasteiger partial charge < -0.3 is 15.8 Å². The summed E-state index contributed by atoms with van der Waals surface area (Å²) in [7, 11) is 1.53. The number of hydrogen-bond acceptors (Lipinski definition) is 5. The highest BCUT2D eigenvalue weighted by Crippen LogP contribution is 2.26. The predicted octanol–water partition coefficient (Wildman–Crippen LogP) is 2.84. The molecule has 6 heteroatoms. The number of nitrogen functional groups attached to an aromatic ring is 1. The van der Waals surface area contributed by atoms with E-state index in [0.29, 0.717) is 17.0 Å². The van der Waals surface area contributed by atoms with Crippen molar-refractivity contribution < 1.29 is 9.53 Å². The number of rotatable bonds is 4. The van der Waals surface area contributed by atoms with Crippen molar-refractivity contribution in [3.63, 3.8) is 0 Å². The van der Waals surface area contributed by atoms with E-state index >= 15 is 0 Å². The lowest BCUT2D eigenvalue weighted by Gasteiger charge is -2.15. The van der Waals surface area contributed by atoms with Gasteiger partial charge in [0.15, 0.2) is 0 Å². The van der Waals surface area contributed by atoms with Gasteiger partial charge in [-0.25, -0.2) is 4.98 Å². The van der Waals surface area contributed by atoms with Crippen LogP contribution in [0.15, 0.2) is 18.2 Å². The van der Waals surface area contributed by atoms with Crippen molar-refractivity contribution in [1.82, 2.24) is 10.3 Å². The number of amides is 1. The minimum absolute atomic E-state index is 0.116. The number of benzene rings is 1. The SMILES string of the molecule is COc1ccc(N)cc1C(=O)NC(C)c1sc(C)nc1C. The normalized spacial score (nSPS) is 12.0. The molecular formula is C15H19N3O2S. The fourth-order valence-corrected chi connectivity index (χ4v) is 3.12. The monoisotopic (exact) mass is 305 g/mol. The third-order valence-corrected chi connectivity index (χ3v) is 4.40. The van der Waals surface area contributed by atoms with Gasteiger partial charge in [0.25, 0.3) is 5.91 Å². The summed E-state index contributed by atoms with van der Waals surface area (Å²) < 4.78 is 5.21. The Morgan fingerprint density at radius 1 is 1.43 bits per heavy atom. The molecule has 0 aliphatic carbocycles. The number of aromatic nitrogens is 1. The molecule has 1 atom stereocenters. The van der Waals surface area contributed by atoms with Crippen LogP contribution in [0.4, 0.5) is 5.69 Å². The third-order valence-electron chi connectivity index (χ3n) is 3.15. The molecule has 0 fully saturated rings. The Labute approximate surface area is 128 Å². The summed E-state index contributed by atoms with van der Waals surface area (Å²) >= 11 is 1.59. The zero-order valence-corrected chi connectivity index (χ0v) is 13.4. The molecule has 112 valence electrons. The highest BCUT2D eigenvalue weighted by Gasteiger charge is 2.18. The average molecular weight is 305 g/mol. The lowest BCUT2D eigenvalue weighted by atomic mass is 10.1. The van der Waals surface area contributed by atoms with Crippen LogP contribution < -0.4 is 15.8 Å². The van der Waals surface area contributed by atoms with Gasteiger partial charge in [0.2, 0.25) is 0 Å². The van der Waals surface area contributed by atoms with Crippen molar-refractivity contribution in [2.75, 3.05) is 12.8 Å². The van der Waals surface area contributed by atoms with Gasteiger partial charge in [0.05, 0.1) is 29.4 Å². The van der Waals surface area contributed by atoms with Crippen molar-refractivity contribution in [2.45, 2.75) is 26.8 Å². The zero-order valence-electron chi connectivity index (χ0n) is 12.6. The maximum absolute atomic E-state index is 12.4. The molecule has 0 bridgehead atoms. The maximum atomic E-state index is 12.4. The Bertz CT molecular complexity index is 667. The predicted molar refractivity (Wildman–Crippen MR) is 84.9 cm³/mol. The second-order valence-corrected chi connectivity index (χ2v) is 6.07. The van der Waals surface area contributed by atoms with Crippen molar-refractivity contribution in [2.24, 2.45) is 0 Å². The summed E-state index contributed by atoms with van der Waals surface area (Å²) in [6.45, 7) is 5.84. The summed E-state index contributed by atoms with van der Waals surface area (Å²) in [5.74, 6) is 0.295. The number of carbonyl (C=O) groups is 1. The number of carbonyl (C=O) groups excluding carboxylic acids is 1. The van der Waals surface area contributed by atoms with Gasteiger partial charge >= 0.3 is 0 Å². The van der Waals surface area contributed by atoms with Crippen LogP contribution in [0.1, 0.15) is 38.9 Å². The molecule has 2 aromatic rings. The number of thiazole rings is 1. The van der Waals surface area contributed by atoms with E-state index in [9.17, 15) is 4.79 Å². The van der Waals surface area contributed by atoms with Crippen LogP contribution in [0.25, 0.3) is 0 Å². The van der Waals surface area contributed by atoms with Crippen molar-refractivity contribution in [1.29, 1.82) is 0 Å². The molecule has 1 aromatic carbocycles. The first-order chi connectivity index (χ1) is 9.92. The van der Waals surface area contributed by atoms with Gasteiger partial charge in [0, 0.05) is 10.6 Å². The second-order valence-electron chi connectivity index (χ2n) is 4.84. The number of ether oxygens (including phenoxy) is 1. The average Bonchev–Trinajstić information content (AvgIpc) is 2.77. The van der Waals surface area contributed by atoms with E-state index in [0.717, 1.165) is 15.6 Å². The van der Waals surface area contributed by atoms with Gasteiger partial charge in [-0.05, 0) is 39.0 Å². The van der Waals surface area contributed by atoms with Crippen LogP contribution >= 0.6 is 11.3 Å². The molecule has 0 spiro atoms. The number of methoxy groups -OCH3 is 1. The van der Waals surface area contributed by atoms with Gasteiger partial charge in [-0.2, -0.15) is 0 Å². The number of nitrogens with two attached hydrogens (primary N) is 1. The van der Waals surface area contributed by atoms with Crippen molar-refractivity contribution >= 4 is 22.9 Å². The fraction of sp³-hybridized carbons (Fsp3) is 0.333. The summed E-state index contributed by atoms with van der Waals surface area (Å²) in [5, 5.41) is 3.96. The van der Waals surface area contributed by atoms with Crippen LogP contribution in [-0.4, -0.2) is 18.0 Å². The summed E-state index contributed by atoms with van der Waals surface area (Å²) in [4.78, 5) is 17.9. The Kier molecular flexibility index (Phi) is 4.47. The largest absolute Gasteiger partial charge is 0.496 e. The lowest BCUT2D eigenvalue weighted by molar-refractivity contribution is 0.0937. The van der Waals surface area contributed by atoms with Crippen LogP contribution in [-0.2, 0) is 0 Å². The number of nitrogens with zero attached hydrogens (tertiary/aromatic N) is 1. The molecule has 5 nitrogen and oxygen atoms in total. The smallest absolute Gasteiger partial charge is 0.255 e. The van der Waals surface area contributed by atoms with Crippen LogP contribution in [0, 0.1) is 13.8 Å². The van der Waals surface area contributed by atoms with E-state index in [2.05, 4.69) is 10.3 Å². The maximum Gasteiger partial charge on any atom is 0.255 e. The van der Waals surface area contributed by atoms with Crippen LogP contribution in [0.2, 0.25) is 0 Å². The molecule has 0 saturated heterocycles. The first-order valence-corrected chi connectivity index (χ1v) is 7.42. The highest BCUT2D eigenvalue weighted by molar-refractivity contribution is 7.11. The molecule has 0 aliphatic heterocycles. The Hall–Kier alpha value is -2.08. The van der Waals surface area contributed by atoms with Gasteiger partial charge in [-0.1, -0.05) is 0 Å². The second kappa shape index (κ2) is 6.13. The lowest BCUT2D eigenvalue weighted by Crippen LogP contribution is -2.27. The molecule has 21 heavy (non-hydrogen) atoms. The third kappa shape index (κ3) is 3.33. The number of hydrogen-bond donors (Lipinski definition) is 2. The summed E-state index contributed by atoms with van der Waals surface area (Å²) in [5.41, 5.74) is 7.65. The van der Waals surface area contributed by atoms with Crippen molar-refractivity contribution in [3.8, 4) is 5.75 Å². The van der Waals surface area contributed by atoms with Crippen molar-refractivity contribution in [3.05, 3.63) is 39.3 Å². The van der Waals surface area contributed by atoms with Crippen LogP contribution in [0.3, 0.4) is 0 Å². The zero-order chi connectivity index (χ0) is 15.6. The molecule has 3 N–H and O–H groups in total. The topological polar surface area (TPSA) is 77.2 Å². The number of nitrogens with one attached hydrogen (secondary N) is 1. The molecule has 1 unspecified atom stereocenters. The van der Waals surface area contributed by atoms with Gasteiger partial charge in [-0.15, -0.1) is 11.3 Å². The minimum Gasteiger partial charge on any atom is -0.496 e. The molecule has 1 aromatic heterocycles. The van der Waals surface area contributed by atoms with Crippen LogP contribution in [0.5, 0.6) is 5.75 Å². The Morgan fingerprint density at radius 3 is 2.71 bits per heavy atom. The summed E-state index contributed by atoms with van der Waals surface area (Å²) in [6, 6.07) is 4.90. The highest BCUT2D eigenvalue weighted by atomic mass is 32.1. The standard InChI is InChI=1S/C15H19N3O2S/c1-8-14(21-10(3)17-8)9(2)18-15(19)12-7-11(16)5-6-13(12)20-4/h5-7,9H,16H2,1-4H3,(H,18,19). The molecule has 0 saturated carbocycles. The Balaban J connectivity index is 2.22. The molecule has 2 rings (SSSR count). The Morgan fingerprint density at radius 2 is 2.14 bits per heavy atom. The first kappa shape index (κ1) is 15.3. The van der Waals surface area contributed by atoms with E-state index in [1.165, 1.54) is 7.11 Å². The van der Waals surface area contributed by atoms with Gasteiger partial charge in [0.1, 0.15) is 5.75 Å². The van der Waals surface area contributed by atoms with E-state index in [4.69, 9.17) is 10.5 Å². The van der Waals surface area contributed by atoms with E-state index in [1.807, 2.05) is 20.8 Å². The van der Waals surface area contributed by atoms with E-state index < -0.39 is 0 Å². The quantitative estimate of drug-likeness (QED) is 0.852. The molecule has 0 radical (unpaired) electrons. The van der Waals surface area contributed by atoms with Gasteiger partial charge in [-0.3, -0.25) is 4.79 Å². The number of anilines is 1. The van der Waals surface area contributed by atoms with E-state index in [1.54, 1.807) is 29.5 Å². The fourth-order valence-electron chi connectivity index (χ4n) is 2.19. The number of aryl methyl sites for hydroxylation is 2. The molecule has 1 amide bonds. The minimum atomic E-state index is -0.211. The molecular weight excluding hydrogens is 286 g/mol. The first-order valence-electron chi connectivity index (χ1n) is 6.60. The molecule has 0 aliphatic rings. The van der Waals surface area contributed by atoms with E-state index in [-0.39, 0.29) is 11.9 Å².